The molecule has 0 aliphatic rings. The second kappa shape index (κ2) is 5.30. The third-order valence-corrected chi connectivity index (χ3v) is 5.32. The molecule has 2 aromatic heterocycles. The van der Waals surface area contributed by atoms with Crippen LogP contribution in [-0.4, -0.2) is 19.9 Å². The molecule has 11 heteroatoms. The number of hydrogen-bond acceptors (Lipinski definition) is 4. The fourth-order valence-electron chi connectivity index (χ4n) is 2.68. The van der Waals surface area contributed by atoms with E-state index in [1.807, 2.05) is 0 Å². The second-order valence-corrected chi connectivity index (χ2v) is 6.73. The van der Waals surface area contributed by atoms with Gasteiger partial charge in [-0.05, 0) is 6.92 Å². The van der Waals surface area contributed by atoms with Crippen LogP contribution in [0, 0.1) is 6.92 Å². The second-order valence-electron chi connectivity index (χ2n) is 5.22. The lowest BCUT2D eigenvalue weighted by molar-refractivity contribution is -0.144. The summed E-state index contributed by atoms with van der Waals surface area (Å²) in [7, 11) is 0. The topological polar surface area (TPSA) is 51.6 Å². The minimum absolute atomic E-state index is 0.0452. The van der Waals surface area contributed by atoms with E-state index in [1.54, 1.807) is 6.92 Å². The SMILES string of the molecule is Cc1nc2c(Cl)c(Cl)c3nc(C(F)(F)F)nc4c(Cl)c(Cl)c(n1)c2c34. The van der Waals surface area contributed by atoms with E-state index >= 15 is 0 Å². The molecule has 2 heterocycles. The summed E-state index contributed by atoms with van der Waals surface area (Å²) in [6, 6.07) is 0. The van der Waals surface area contributed by atoms with Gasteiger partial charge in [-0.25, -0.2) is 19.9 Å². The fourth-order valence-corrected chi connectivity index (χ4v) is 3.59. The highest BCUT2D eigenvalue weighted by Gasteiger charge is 2.37. The largest absolute Gasteiger partial charge is 0.451 e. The van der Waals surface area contributed by atoms with Crippen LogP contribution in [0.5, 0.6) is 0 Å². The predicted octanol–water partition coefficient (Wildman–Crippen LogP) is 6.10. The van der Waals surface area contributed by atoms with Crippen LogP contribution in [0.2, 0.25) is 20.1 Å². The number of alkyl halides is 3. The molecule has 0 N–H and O–H groups in total. The molecule has 4 aromatic rings. The number of aromatic nitrogens is 4. The summed E-state index contributed by atoms with van der Waals surface area (Å²) in [5.41, 5.74) is 0.113. The summed E-state index contributed by atoms with van der Waals surface area (Å²) in [6.45, 7) is 1.61. The Kier molecular flexibility index (Phi) is 3.61. The Hall–Kier alpha value is -1.41. The van der Waals surface area contributed by atoms with Crippen LogP contribution in [0.25, 0.3) is 32.8 Å². The van der Waals surface area contributed by atoms with Crippen LogP contribution in [0.4, 0.5) is 13.2 Å². The molecule has 0 atom stereocenters. The molecule has 2 aromatic carbocycles. The highest BCUT2D eigenvalue weighted by Crippen LogP contribution is 2.47. The Morgan fingerprint density at radius 3 is 1.28 bits per heavy atom. The Balaban J connectivity index is 2.41. The lowest BCUT2D eigenvalue weighted by atomic mass is 10.0. The van der Waals surface area contributed by atoms with Crippen LogP contribution in [0.15, 0.2) is 0 Å². The molecule has 0 saturated carbocycles. The molecule has 0 aliphatic carbocycles. The molecule has 0 radical (unpaired) electrons. The van der Waals surface area contributed by atoms with Gasteiger partial charge in [0, 0.05) is 10.8 Å². The zero-order chi connectivity index (χ0) is 18.3. The number of hydrogen-bond donors (Lipinski definition) is 0. The normalized spacial score (nSPS) is 12.8. The minimum Gasteiger partial charge on any atom is -0.232 e. The molecule has 0 fully saturated rings. The monoisotopic (exact) mass is 424 g/mol. The van der Waals surface area contributed by atoms with Crippen molar-refractivity contribution < 1.29 is 13.2 Å². The van der Waals surface area contributed by atoms with Crippen molar-refractivity contribution in [3.05, 3.63) is 31.7 Å². The van der Waals surface area contributed by atoms with Gasteiger partial charge in [0.05, 0.1) is 42.2 Å². The summed E-state index contributed by atoms with van der Waals surface area (Å²) < 4.78 is 39.5. The van der Waals surface area contributed by atoms with Crippen molar-refractivity contribution in [1.82, 2.24) is 19.9 Å². The van der Waals surface area contributed by atoms with Crippen LogP contribution in [0.1, 0.15) is 11.6 Å². The predicted molar refractivity (Wildman–Crippen MR) is 91.1 cm³/mol. The van der Waals surface area contributed by atoms with Crippen molar-refractivity contribution >= 4 is 79.2 Å². The maximum Gasteiger partial charge on any atom is 0.451 e. The number of halogens is 7. The summed E-state index contributed by atoms with van der Waals surface area (Å²) in [5.74, 6) is -1.05. The molecule has 25 heavy (non-hydrogen) atoms. The maximum absolute atomic E-state index is 13.2. The van der Waals surface area contributed by atoms with E-state index in [9.17, 15) is 13.2 Å². The molecular weight excluding hydrogens is 423 g/mol. The quantitative estimate of drug-likeness (QED) is 0.319. The summed E-state index contributed by atoms with van der Waals surface area (Å²) >= 11 is 24.8. The molecule has 4 nitrogen and oxygen atoms in total. The zero-order valence-electron chi connectivity index (χ0n) is 11.9. The zero-order valence-corrected chi connectivity index (χ0v) is 15.0. The fraction of sp³-hybridized carbons (Fsp3) is 0.143. The average molecular weight is 426 g/mol. The van der Waals surface area contributed by atoms with Gasteiger partial charge in [-0.15, -0.1) is 0 Å². The van der Waals surface area contributed by atoms with Crippen LogP contribution >= 0.6 is 46.4 Å². The molecule has 0 saturated heterocycles. The lowest BCUT2D eigenvalue weighted by Gasteiger charge is -2.16. The van der Waals surface area contributed by atoms with Gasteiger partial charge in [0.1, 0.15) is 5.82 Å². The van der Waals surface area contributed by atoms with Crippen LogP contribution in [-0.2, 0) is 6.18 Å². The van der Waals surface area contributed by atoms with E-state index in [2.05, 4.69) is 19.9 Å². The molecular formula is C14H3Cl4F3N4. The van der Waals surface area contributed by atoms with E-state index < -0.39 is 12.0 Å². The van der Waals surface area contributed by atoms with Gasteiger partial charge in [-0.3, -0.25) is 0 Å². The Bertz CT molecular complexity index is 1110. The average Bonchev–Trinajstić information content (AvgIpc) is 2.54. The van der Waals surface area contributed by atoms with Crippen LogP contribution in [0.3, 0.4) is 0 Å². The summed E-state index contributed by atoms with van der Waals surface area (Å²) in [4.78, 5) is 15.5. The first-order valence-electron chi connectivity index (χ1n) is 6.61. The van der Waals surface area contributed by atoms with Crippen molar-refractivity contribution in [2.75, 3.05) is 0 Å². The van der Waals surface area contributed by atoms with Gasteiger partial charge < -0.3 is 0 Å². The van der Waals surface area contributed by atoms with Gasteiger partial charge in [-0.2, -0.15) is 13.2 Å². The molecule has 128 valence electrons. The van der Waals surface area contributed by atoms with Gasteiger partial charge in [0.25, 0.3) is 0 Å². The maximum atomic E-state index is 13.2. The van der Waals surface area contributed by atoms with E-state index in [4.69, 9.17) is 46.4 Å². The number of aryl methyl sites for hydroxylation is 1. The first kappa shape index (κ1) is 17.0. The van der Waals surface area contributed by atoms with Crippen molar-refractivity contribution in [3.63, 3.8) is 0 Å². The number of rotatable bonds is 0. The Labute approximate surface area is 157 Å². The van der Waals surface area contributed by atoms with E-state index in [1.165, 1.54) is 0 Å². The van der Waals surface area contributed by atoms with Crippen LogP contribution < -0.4 is 0 Å². The lowest BCUT2D eigenvalue weighted by Crippen LogP contribution is -2.12. The standard InChI is InChI=1S/C14H3Cl4F3N4/c1-2-22-9-3-4-11(7(17)5(9)15)24-13(14(19,20)21)25-12(4)8(18)6(16)10(3)23-2/h1H3. The van der Waals surface area contributed by atoms with Crippen molar-refractivity contribution in [2.24, 2.45) is 0 Å². The highest BCUT2D eigenvalue weighted by molar-refractivity contribution is 6.54. The smallest absolute Gasteiger partial charge is 0.232 e. The minimum atomic E-state index is -4.80. The van der Waals surface area contributed by atoms with Gasteiger partial charge >= 0.3 is 6.18 Å². The van der Waals surface area contributed by atoms with E-state index in [0.29, 0.717) is 11.2 Å². The Morgan fingerprint density at radius 2 is 0.960 bits per heavy atom. The molecule has 4 rings (SSSR count). The Morgan fingerprint density at radius 1 is 0.640 bits per heavy atom. The van der Waals surface area contributed by atoms with Crippen molar-refractivity contribution in [3.8, 4) is 0 Å². The highest BCUT2D eigenvalue weighted by atomic mass is 35.5. The third kappa shape index (κ3) is 2.30. The molecule has 0 unspecified atom stereocenters. The molecule has 0 amide bonds. The van der Waals surface area contributed by atoms with Crippen molar-refractivity contribution in [2.45, 2.75) is 13.1 Å². The third-order valence-electron chi connectivity index (χ3n) is 3.65. The van der Waals surface area contributed by atoms with Gasteiger partial charge in [0.15, 0.2) is 0 Å². The number of nitrogens with zero attached hydrogens (tertiary/aromatic N) is 4. The van der Waals surface area contributed by atoms with Gasteiger partial charge in [-0.1, -0.05) is 46.4 Å². The van der Waals surface area contributed by atoms with Gasteiger partial charge in [0.2, 0.25) is 5.82 Å². The summed E-state index contributed by atoms with van der Waals surface area (Å²) in [6.07, 6.45) is -4.80. The first-order chi connectivity index (χ1) is 11.6. The van der Waals surface area contributed by atoms with E-state index in [-0.39, 0.29) is 47.5 Å². The molecule has 0 bridgehead atoms. The summed E-state index contributed by atoms with van der Waals surface area (Å²) in [5, 5.41) is 0.0528. The number of benzene rings is 2. The molecule has 0 spiro atoms. The first-order valence-corrected chi connectivity index (χ1v) is 8.12. The molecule has 0 aliphatic heterocycles. The van der Waals surface area contributed by atoms with E-state index in [0.717, 1.165) is 0 Å². The van der Waals surface area contributed by atoms with Crippen molar-refractivity contribution in [1.29, 1.82) is 0 Å².